The number of hydrogen-bond donors (Lipinski definition) is 6. The molecule has 136 valence electrons. The minimum atomic E-state index is -1.46. The van der Waals surface area contributed by atoms with Crippen LogP contribution < -0.4 is 10.6 Å². The smallest absolute Gasteiger partial charge is 0.326 e. The van der Waals surface area contributed by atoms with Crippen molar-refractivity contribution in [2.24, 2.45) is 0 Å². The molecule has 0 saturated carbocycles. The van der Waals surface area contributed by atoms with Crippen molar-refractivity contribution in [3.8, 4) is 5.75 Å². The number of carboxylic acid groups (broad SMARTS) is 3. The number of phenols is 1. The first-order chi connectivity index (χ1) is 11.7. The fourth-order valence-electron chi connectivity index (χ4n) is 1.95. The highest BCUT2D eigenvalue weighted by atomic mass is 16.4. The van der Waals surface area contributed by atoms with Crippen LogP contribution in [-0.2, 0) is 20.8 Å². The average molecular weight is 354 g/mol. The molecule has 0 unspecified atom stereocenters. The van der Waals surface area contributed by atoms with Gasteiger partial charge in [0, 0.05) is 12.8 Å². The van der Waals surface area contributed by atoms with Gasteiger partial charge in [-0.3, -0.25) is 4.79 Å². The number of carbonyl (C=O) groups is 4. The minimum Gasteiger partial charge on any atom is -0.508 e. The lowest BCUT2D eigenvalue weighted by Crippen LogP contribution is -2.51. The third-order valence-corrected chi connectivity index (χ3v) is 3.23. The fraction of sp³-hybridized carbons (Fsp3) is 0.333. The Morgan fingerprint density at radius 2 is 1.40 bits per heavy atom. The molecule has 0 heterocycles. The van der Waals surface area contributed by atoms with Gasteiger partial charge in [0.2, 0.25) is 0 Å². The van der Waals surface area contributed by atoms with Gasteiger partial charge in [-0.15, -0.1) is 0 Å². The van der Waals surface area contributed by atoms with E-state index in [1.54, 1.807) is 0 Å². The van der Waals surface area contributed by atoms with Crippen LogP contribution in [0.1, 0.15) is 18.4 Å². The van der Waals surface area contributed by atoms with Gasteiger partial charge < -0.3 is 31.1 Å². The van der Waals surface area contributed by atoms with Crippen LogP contribution in [0, 0.1) is 0 Å². The number of urea groups is 1. The Bertz CT molecular complexity index is 643. The number of carbonyl (C=O) groups excluding carboxylic acids is 1. The number of aromatic hydroxyl groups is 1. The van der Waals surface area contributed by atoms with Gasteiger partial charge in [-0.25, -0.2) is 14.4 Å². The zero-order valence-corrected chi connectivity index (χ0v) is 13.0. The molecule has 6 N–H and O–H groups in total. The van der Waals surface area contributed by atoms with Crippen molar-refractivity contribution >= 4 is 23.9 Å². The number of benzene rings is 1. The summed E-state index contributed by atoms with van der Waals surface area (Å²) in [6.07, 6.45) is -0.892. The molecular formula is C15H18N2O8. The molecule has 2 atom stereocenters. The number of nitrogens with one attached hydrogen (secondary N) is 2. The maximum absolute atomic E-state index is 11.8. The second-order valence-electron chi connectivity index (χ2n) is 5.20. The van der Waals surface area contributed by atoms with Crippen LogP contribution in [0.4, 0.5) is 4.79 Å². The summed E-state index contributed by atoms with van der Waals surface area (Å²) < 4.78 is 0. The van der Waals surface area contributed by atoms with E-state index in [-0.39, 0.29) is 18.6 Å². The number of aliphatic carboxylic acids is 3. The Morgan fingerprint density at radius 1 is 0.880 bits per heavy atom. The second-order valence-corrected chi connectivity index (χ2v) is 5.20. The van der Waals surface area contributed by atoms with Crippen molar-refractivity contribution in [2.75, 3.05) is 0 Å². The first-order valence-electron chi connectivity index (χ1n) is 7.21. The molecule has 0 spiro atoms. The quantitative estimate of drug-likeness (QED) is 0.359. The molecule has 0 aromatic heterocycles. The highest BCUT2D eigenvalue weighted by Gasteiger charge is 2.25. The molecule has 0 radical (unpaired) electrons. The van der Waals surface area contributed by atoms with Crippen molar-refractivity contribution in [3.63, 3.8) is 0 Å². The molecule has 0 aliphatic heterocycles. The van der Waals surface area contributed by atoms with Crippen LogP contribution in [0.25, 0.3) is 0 Å². The lowest BCUT2D eigenvalue weighted by Gasteiger charge is -2.18. The molecule has 0 fully saturated rings. The first kappa shape index (κ1) is 19.7. The van der Waals surface area contributed by atoms with E-state index in [1.165, 1.54) is 24.3 Å². The van der Waals surface area contributed by atoms with Crippen molar-refractivity contribution in [1.82, 2.24) is 10.6 Å². The van der Waals surface area contributed by atoms with Gasteiger partial charge in [-0.05, 0) is 24.1 Å². The van der Waals surface area contributed by atoms with Gasteiger partial charge in [0.05, 0.1) is 0 Å². The van der Waals surface area contributed by atoms with E-state index in [2.05, 4.69) is 5.32 Å². The average Bonchev–Trinajstić information content (AvgIpc) is 2.52. The maximum Gasteiger partial charge on any atom is 0.326 e. The second kappa shape index (κ2) is 9.11. The molecule has 10 nitrogen and oxygen atoms in total. The van der Waals surface area contributed by atoms with Gasteiger partial charge in [0.25, 0.3) is 0 Å². The molecule has 1 aromatic rings. The Balaban J connectivity index is 2.68. The van der Waals surface area contributed by atoms with Crippen LogP contribution in [0.2, 0.25) is 0 Å². The third kappa shape index (κ3) is 7.20. The number of rotatable bonds is 9. The summed E-state index contributed by atoms with van der Waals surface area (Å²) in [5.74, 6) is -3.98. The normalized spacial score (nSPS) is 12.6. The van der Waals surface area contributed by atoms with Crippen molar-refractivity contribution < 1.29 is 39.6 Å². The van der Waals surface area contributed by atoms with Gasteiger partial charge in [-0.1, -0.05) is 12.1 Å². The number of hydrogen-bond acceptors (Lipinski definition) is 5. The van der Waals surface area contributed by atoms with E-state index in [0.717, 1.165) is 0 Å². The topological polar surface area (TPSA) is 173 Å². The fourth-order valence-corrected chi connectivity index (χ4v) is 1.95. The zero-order valence-electron chi connectivity index (χ0n) is 13.0. The van der Waals surface area contributed by atoms with Gasteiger partial charge in [0.1, 0.15) is 17.8 Å². The van der Waals surface area contributed by atoms with Gasteiger partial charge in [0.15, 0.2) is 0 Å². The monoisotopic (exact) mass is 354 g/mol. The van der Waals surface area contributed by atoms with Gasteiger partial charge in [-0.2, -0.15) is 0 Å². The molecule has 0 aliphatic carbocycles. The first-order valence-corrected chi connectivity index (χ1v) is 7.21. The number of phenolic OH excluding ortho intramolecular Hbond substituents is 1. The summed E-state index contributed by atoms with van der Waals surface area (Å²) in [4.78, 5) is 44.6. The number of amides is 2. The molecule has 2 amide bonds. The van der Waals surface area contributed by atoms with Crippen LogP contribution in [0.15, 0.2) is 24.3 Å². The molecule has 1 rings (SSSR count). The van der Waals surface area contributed by atoms with Crippen LogP contribution in [0.5, 0.6) is 5.75 Å². The van der Waals surface area contributed by atoms with E-state index in [4.69, 9.17) is 10.2 Å². The standard InChI is InChI=1S/C15H18N2O8/c18-9-3-1-8(2-4-9)7-11(14(23)24)17-15(25)16-10(13(21)22)5-6-12(19)20/h1-4,10-11,18H,5-7H2,(H,19,20)(H,21,22)(H,23,24)(H2,16,17,25)/t10-,11-/m0/s1. The summed E-state index contributed by atoms with van der Waals surface area (Å²) >= 11 is 0. The summed E-state index contributed by atoms with van der Waals surface area (Å²) in [5.41, 5.74) is 0.533. The molecule has 10 heteroatoms. The maximum atomic E-state index is 11.8. The van der Waals surface area contributed by atoms with Crippen LogP contribution in [0.3, 0.4) is 0 Å². The van der Waals surface area contributed by atoms with Crippen molar-refractivity contribution in [3.05, 3.63) is 29.8 Å². The summed E-state index contributed by atoms with van der Waals surface area (Å²) in [6, 6.07) is 1.86. The highest BCUT2D eigenvalue weighted by molar-refractivity contribution is 5.86. The third-order valence-electron chi connectivity index (χ3n) is 3.23. The molecule has 0 aliphatic rings. The summed E-state index contributed by atoms with van der Waals surface area (Å²) in [6.45, 7) is 0. The van der Waals surface area contributed by atoms with E-state index < -0.39 is 42.4 Å². The molecule has 0 saturated heterocycles. The lowest BCUT2D eigenvalue weighted by molar-refractivity contribution is -0.140. The molecule has 25 heavy (non-hydrogen) atoms. The Labute approximate surface area is 142 Å². The Hall–Kier alpha value is -3.30. The van der Waals surface area contributed by atoms with E-state index in [0.29, 0.717) is 5.56 Å². The van der Waals surface area contributed by atoms with E-state index in [9.17, 15) is 29.4 Å². The molecule has 1 aromatic carbocycles. The predicted molar refractivity (Wildman–Crippen MR) is 83.2 cm³/mol. The highest BCUT2D eigenvalue weighted by Crippen LogP contribution is 2.11. The molecule has 0 bridgehead atoms. The summed E-state index contributed by atoms with van der Waals surface area (Å²) in [5, 5.41) is 40.1. The largest absolute Gasteiger partial charge is 0.508 e. The minimum absolute atomic E-state index is 0.00376. The van der Waals surface area contributed by atoms with E-state index in [1.807, 2.05) is 5.32 Å². The van der Waals surface area contributed by atoms with Crippen molar-refractivity contribution in [1.29, 1.82) is 0 Å². The summed E-state index contributed by atoms with van der Waals surface area (Å²) in [7, 11) is 0. The van der Waals surface area contributed by atoms with Crippen LogP contribution >= 0.6 is 0 Å². The number of carboxylic acids is 3. The SMILES string of the molecule is O=C(O)CC[C@H](NC(=O)N[C@@H](Cc1ccc(O)cc1)C(=O)O)C(=O)O. The van der Waals surface area contributed by atoms with Gasteiger partial charge >= 0.3 is 23.9 Å². The van der Waals surface area contributed by atoms with Crippen molar-refractivity contribution in [2.45, 2.75) is 31.3 Å². The lowest BCUT2D eigenvalue weighted by atomic mass is 10.1. The van der Waals surface area contributed by atoms with Crippen LogP contribution in [-0.4, -0.2) is 56.4 Å². The predicted octanol–water partition coefficient (Wildman–Crippen LogP) is 0.00510. The Morgan fingerprint density at radius 3 is 1.88 bits per heavy atom. The van der Waals surface area contributed by atoms with E-state index >= 15 is 0 Å². The Kier molecular flexibility index (Phi) is 7.19. The zero-order chi connectivity index (χ0) is 19.0. The molecular weight excluding hydrogens is 336 g/mol.